The van der Waals surface area contributed by atoms with E-state index in [1.165, 1.54) is 0 Å². The van der Waals surface area contributed by atoms with E-state index in [4.69, 9.17) is 9.47 Å². The van der Waals surface area contributed by atoms with Crippen LogP contribution in [-0.2, 0) is 23.1 Å². The molecule has 0 aromatic carbocycles. The summed E-state index contributed by atoms with van der Waals surface area (Å²) < 4.78 is 12.8. The average Bonchev–Trinajstić information content (AvgIpc) is 2.98. The molecule has 0 radical (unpaired) electrons. The Morgan fingerprint density at radius 3 is 2.71 bits per heavy atom. The fourth-order valence-corrected chi connectivity index (χ4v) is 2.76. The van der Waals surface area contributed by atoms with Gasteiger partial charge in [0.25, 0.3) is 0 Å². The summed E-state index contributed by atoms with van der Waals surface area (Å²) in [6.45, 7) is 4.23. The molecule has 1 fully saturated rings. The van der Waals surface area contributed by atoms with Crippen molar-refractivity contribution in [1.82, 2.24) is 20.0 Å². The summed E-state index contributed by atoms with van der Waals surface area (Å²) >= 11 is 0. The van der Waals surface area contributed by atoms with Gasteiger partial charge in [0, 0.05) is 53.7 Å². The van der Waals surface area contributed by atoms with Crippen molar-refractivity contribution in [2.75, 3.05) is 40.5 Å². The number of piperidine rings is 1. The average molecular weight is 451 g/mol. The molecule has 2 heterocycles. The second-order valence-electron chi connectivity index (χ2n) is 5.75. The van der Waals surface area contributed by atoms with E-state index in [-0.39, 0.29) is 24.0 Å². The third kappa shape index (κ3) is 6.56. The van der Waals surface area contributed by atoms with Crippen LogP contribution < -0.4 is 5.32 Å². The normalized spacial score (nSPS) is 16.1. The van der Waals surface area contributed by atoms with Crippen LogP contribution in [-0.4, -0.2) is 67.2 Å². The van der Waals surface area contributed by atoms with Gasteiger partial charge >= 0.3 is 0 Å². The molecule has 0 amide bonds. The Kier molecular flexibility index (Phi) is 10.3. The Morgan fingerprint density at radius 2 is 2.12 bits per heavy atom. The zero-order valence-corrected chi connectivity index (χ0v) is 17.2. The summed E-state index contributed by atoms with van der Waals surface area (Å²) in [7, 11) is 5.51. The minimum atomic E-state index is 0. The van der Waals surface area contributed by atoms with Crippen molar-refractivity contribution in [2.24, 2.45) is 12.0 Å². The Bertz CT molecular complexity index is 487. The first-order valence-electron chi connectivity index (χ1n) is 8.27. The van der Waals surface area contributed by atoms with E-state index in [0.29, 0.717) is 6.10 Å². The van der Waals surface area contributed by atoms with Crippen molar-refractivity contribution in [3.8, 4) is 0 Å². The lowest BCUT2D eigenvalue weighted by Gasteiger charge is -2.34. The van der Waals surface area contributed by atoms with Gasteiger partial charge in [0.15, 0.2) is 5.96 Å². The van der Waals surface area contributed by atoms with Gasteiger partial charge in [-0.1, -0.05) is 0 Å². The van der Waals surface area contributed by atoms with Crippen LogP contribution in [0.4, 0.5) is 0 Å². The number of hydrogen-bond acceptors (Lipinski definition) is 4. The maximum absolute atomic E-state index is 5.90. The summed E-state index contributed by atoms with van der Waals surface area (Å²) in [5.74, 6) is 0.948. The molecule has 0 spiro atoms. The Morgan fingerprint density at radius 1 is 1.38 bits per heavy atom. The molecule has 138 valence electrons. The molecule has 1 aromatic heterocycles. The van der Waals surface area contributed by atoms with E-state index in [0.717, 1.165) is 63.8 Å². The van der Waals surface area contributed by atoms with E-state index in [1.54, 1.807) is 7.11 Å². The molecule has 1 N–H and O–H groups in total. The van der Waals surface area contributed by atoms with Crippen molar-refractivity contribution in [3.05, 3.63) is 18.0 Å². The van der Waals surface area contributed by atoms with Crippen LogP contribution in [0.15, 0.2) is 17.3 Å². The number of ether oxygens (including phenoxy) is 2. The molecular formula is C16H30IN5O2. The van der Waals surface area contributed by atoms with Crippen LogP contribution in [0, 0.1) is 0 Å². The summed E-state index contributed by atoms with van der Waals surface area (Å²) in [6, 6.07) is 2.01. The maximum Gasteiger partial charge on any atom is 0.193 e. The number of nitrogens with zero attached hydrogens (tertiary/aromatic N) is 4. The lowest BCUT2D eigenvalue weighted by Crippen LogP contribution is -2.46. The number of guanidine groups is 1. The first-order valence-corrected chi connectivity index (χ1v) is 8.27. The number of hydrogen-bond donors (Lipinski definition) is 1. The Hall–Kier alpha value is -0.870. The highest BCUT2D eigenvalue weighted by molar-refractivity contribution is 14.0. The third-order valence-corrected chi connectivity index (χ3v) is 4.15. The lowest BCUT2D eigenvalue weighted by molar-refractivity contribution is 0.00989. The van der Waals surface area contributed by atoms with Crippen LogP contribution in [0.2, 0.25) is 0 Å². The molecule has 7 nitrogen and oxygen atoms in total. The number of nitrogens with one attached hydrogen (secondary N) is 1. The molecule has 1 aromatic rings. The van der Waals surface area contributed by atoms with Crippen molar-refractivity contribution in [2.45, 2.75) is 31.9 Å². The summed E-state index contributed by atoms with van der Waals surface area (Å²) in [6.07, 6.45) is 5.22. The molecule has 1 saturated heterocycles. The second-order valence-corrected chi connectivity index (χ2v) is 5.75. The number of likely N-dealkylation sites (tertiary alicyclic amines) is 1. The number of rotatable bonds is 7. The number of aryl methyl sites for hydroxylation is 1. The van der Waals surface area contributed by atoms with Crippen molar-refractivity contribution in [1.29, 1.82) is 0 Å². The SMILES string of the molecule is CN=C(NCc1ccnn1C)N1CCC(OCCCOC)CC1.I. The van der Waals surface area contributed by atoms with Crippen LogP contribution in [0.3, 0.4) is 0 Å². The first kappa shape index (κ1) is 21.2. The van der Waals surface area contributed by atoms with Crippen LogP contribution in [0.25, 0.3) is 0 Å². The number of aromatic nitrogens is 2. The number of aliphatic imine (C=N–C) groups is 1. The van der Waals surface area contributed by atoms with Gasteiger partial charge in [0.05, 0.1) is 18.3 Å². The van der Waals surface area contributed by atoms with Gasteiger partial charge in [-0.2, -0.15) is 5.10 Å². The largest absolute Gasteiger partial charge is 0.385 e. The quantitative estimate of drug-likeness (QED) is 0.296. The number of halogens is 1. The highest BCUT2D eigenvalue weighted by atomic mass is 127. The van der Waals surface area contributed by atoms with Gasteiger partial charge < -0.3 is 19.7 Å². The Balaban J connectivity index is 0.00000288. The van der Waals surface area contributed by atoms with Crippen LogP contribution in [0.1, 0.15) is 25.0 Å². The highest BCUT2D eigenvalue weighted by Gasteiger charge is 2.21. The highest BCUT2D eigenvalue weighted by Crippen LogP contribution is 2.14. The van der Waals surface area contributed by atoms with Gasteiger partial charge in [-0.05, 0) is 25.3 Å². The predicted octanol–water partition coefficient (Wildman–Crippen LogP) is 1.63. The summed E-state index contributed by atoms with van der Waals surface area (Å²) in [4.78, 5) is 6.69. The third-order valence-electron chi connectivity index (χ3n) is 4.15. The number of methoxy groups -OCH3 is 1. The smallest absolute Gasteiger partial charge is 0.193 e. The fourth-order valence-electron chi connectivity index (χ4n) is 2.76. The van der Waals surface area contributed by atoms with Crippen molar-refractivity contribution < 1.29 is 9.47 Å². The van der Waals surface area contributed by atoms with Crippen LogP contribution in [0.5, 0.6) is 0 Å². The predicted molar refractivity (Wildman–Crippen MR) is 106 cm³/mol. The topological polar surface area (TPSA) is 63.9 Å². The summed E-state index contributed by atoms with van der Waals surface area (Å²) in [5, 5.41) is 7.60. The van der Waals surface area contributed by atoms with E-state index in [9.17, 15) is 0 Å². The Labute approximate surface area is 161 Å². The monoisotopic (exact) mass is 451 g/mol. The van der Waals surface area contributed by atoms with Gasteiger partial charge in [0.2, 0.25) is 0 Å². The van der Waals surface area contributed by atoms with Crippen molar-refractivity contribution in [3.63, 3.8) is 0 Å². The zero-order valence-electron chi connectivity index (χ0n) is 14.9. The van der Waals surface area contributed by atoms with E-state index >= 15 is 0 Å². The van der Waals surface area contributed by atoms with Gasteiger partial charge in [-0.25, -0.2) is 0 Å². The minimum Gasteiger partial charge on any atom is -0.385 e. The lowest BCUT2D eigenvalue weighted by atomic mass is 10.1. The molecule has 0 bridgehead atoms. The molecule has 0 saturated carbocycles. The van der Waals surface area contributed by atoms with Crippen LogP contribution >= 0.6 is 24.0 Å². The minimum absolute atomic E-state index is 0. The molecular weight excluding hydrogens is 421 g/mol. The molecule has 0 aliphatic carbocycles. The first-order chi connectivity index (χ1) is 11.2. The summed E-state index contributed by atoms with van der Waals surface area (Å²) in [5.41, 5.74) is 1.14. The molecule has 2 rings (SSSR count). The molecule has 1 aliphatic rings. The van der Waals surface area contributed by atoms with Gasteiger partial charge in [0.1, 0.15) is 0 Å². The fraction of sp³-hybridized carbons (Fsp3) is 0.750. The van der Waals surface area contributed by atoms with E-state index in [1.807, 2.05) is 31.0 Å². The van der Waals surface area contributed by atoms with Gasteiger partial charge in [-0.3, -0.25) is 9.67 Å². The molecule has 1 aliphatic heterocycles. The second kappa shape index (κ2) is 11.6. The maximum atomic E-state index is 5.90. The molecule has 0 atom stereocenters. The molecule has 8 heteroatoms. The molecule has 0 unspecified atom stereocenters. The van der Waals surface area contributed by atoms with Gasteiger partial charge in [-0.15, -0.1) is 24.0 Å². The van der Waals surface area contributed by atoms with Crippen molar-refractivity contribution >= 4 is 29.9 Å². The molecule has 24 heavy (non-hydrogen) atoms. The van der Waals surface area contributed by atoms with E-state index < -0.39 is 0 Å². The zero-order chi connectivity index (χ0) is 16.5. The standard InChI is InChI=1S/C16H29N5O2.HI/c1-17-16(18-13-14-5-8-19-20(14)2)21-9-6-15(7-10-21)23-12-4-11-22-3;/h5,8,15H,4,6-7,9-13H2,1-3H3,(H,17,18);1H. The van der Waals surface area contributed by atoms with E-state index in [2.05, 4.69) is 20.3 Å².